The Hall–Kier alpha value is -0.490. The molecule has 0 aliphatic heterocycles. The summed E-state index contributed by atoms with van der Waals surface area (Å²) in [7, 11) is 0. The molecule has 1 atom stereocenters. The van der Waals surface area contributed by atoms with Crippen LogP contribution in [0.4, 0.5) is 0 Å². The van der Waals surface area contributed by atoms with Gasteiger partial charge in [0.1, 0.15) is 0 Å². The minimum absolute atomic E-state index is 0.193. The van der Waals surface area contributed by atoms with Crippen molar-refractivity contribution in [1.82, 2.24) is 9.55 Å². The lowest BCUT2D eigenvalue weighted by Crippen LogP contribution is -2.15. The van der Waals surface area contributed by atoms with Gasteiger partial charge >= 0.3 is 0 Å². The minimum atomic E-state index is 0.193. The van der Waals surface area contributed by atoms with Crippen LogP contribution in [0.25, 0.3) is 0 Å². The van der Waals surface area contributed by atoms with Gasteiger partial charge in [-0.3, -0.25) is 0 Å². The summed E-state index contributed by atoms with van der Waals surface area (Å²) in [4.78, 5) is 5.88. The maximum atomic E-state index is 6.35. The van der Waals surface area contributed by atoms with Gasteiger partial charge < -0.3 is 4.57 Å². The molecule has 0 amide bonds. The molecule has 0 N–H and O–H groups in total. The van der Waals surface area contributed by atoms with E-state index in [2.05, 4.69) is 4.98 Å². The zero-order chi connectivity index (χ0) is 18.5. The van der Waals surface area contributed by atoms with Gasteiger partial charge in [0, 0.05) is 39.7 Å². The van der Waals surface area contributed by atoms with E-state index >= 15 is 0 Å². The number of benzene rings is 2. The van der Waals surface area contributed by atoms with Crippen LogP contribution < -0.4 is 0 Å². The van der Waals surface area contributed by atoms with Crippen LogP contribution in [0.5, 0.6) is 0 Å². The minimum Gasteiger partial charge on any atom is -0.336 e. The first-order valence-electron chi connectivity index (χ1n) is 7.68. The topological polar surface area (TPSA) is 17.8 Å². The molecule has 0 saturated carbocycles. The lowest BCUT2D eigenvalue weighted by atomic mass is 10.4. The summed E-state index contributed by atoms with van der Waals surface area (Å²) in [5, 5.41) is 2.81. The third kappa shape index (κ3) is 5.28. The fraction of sp³-hybridized carbons (Fsp3) is 0.167. The molecule has 0 bridgehead atoms. The van der Waals surface area contributed by atoms with Crippen LogP contribution in [0.1, 0.15) is 0 Å². The van der Waals surface area contributed by atoms with Gasteiger partial charge in [-0.25, -0.2) is 4.98 Å². The molecule has 0 saturated heterocycles. The summed E-state index contributed by atoms with van der Waals surface area (Å²) in [6.45, 7) is 0.765. The molecule has 26 heavy (non-hydrogen) atoms. The molecule has 3 aromatic rings. The molecular weight excluding hydrogens is 450 g/mol. The van der Waals surface area contributed by atoms with Crippen LogP contribution in [-0.2, 0) is 6.54 Å². The van der Waals surface area contributed by atoms with E-state index in [0.29, 0.717) is 20.1 Å². The molecule has 8 heteroatoms. The number of imidazole rings is 1. The lowest BCUT2D eigenvalue weighted by molar-refractivity contribution is 0.695. The number of rotatable bonds is 7. The Morgan fingerprint density at radius 3 is 2.00 bits per heavy atom. The van der Waals surface area contributed by atoms with E-state index in [1.165, 1.54) is 0 Å². The Morgan fingerprint density at radius 1 is 0.885 bits per heavy atom. The molecule has 0 radical (unpaired) electrons. The van der Waals surface area contributed by atoms with E-state index < -0.39 is 0 Å². The molecule has 0 fully saturated rings. The maximum Gasteiger partial charge on any atom is 0.0946 e. The van der Waals surface area contributed by atoms with Crippen LogP contribution in [0.15, 0.2) is 64.9 Å². The summed E-state index contributed by atoms with van der Waals surface area (Å²) in [6.07, 6.45) is 5.51. The maximum absolute atomic E-state index is 6.35. The first-order valence-corrected chi connectivity index (χ1v) is 11.1. The average molecular weight is 464 g/mol. The first-order chi connectivity index (χ1) is 12.5. The van der Waals surface area contributed by atoms with Crippen molar-refractivity contribution in [1.29, 1.82) is 0 Å². The van der Waals surface area contributed by atoms with E-state index in [-0.39, 0.29) is 5.25 Å². The smallest absolute Gasteiger partial charge is 0.0946 e. The van der Waals surface area contributed by atoms with E-state index in [9.17, 15) is 0 Å². The van der Waals surface area contributed by atoms with Gasteiger partial charge in [0.15, 0.2) is 0 Å². The van der Waals surface area contributed by atoms with Crippen LogP contribution in [0.3, 0.4) is 0 Å². The summed E-state index contributed by atoms with van der Waals surface area (Å²) < 4.78 is 2.04. The Balaban J connectivity index is 1.79. The Labute approximate surface area is 181 Å². The first kappa shape index (κ1) is 20.2. The summed E-state index contributed by atoms with van der Waals surface area (Å²) in [5.41, 5.74) is 0. The standard InChI is InChI=1S/C18H14Cl4N2S2/c19-13-3-1-4-14(20)17(13)25-10-12(9-24-8-7-23-11-24)26-18-15(21)5-2-6-16(18)22/h1-8,11-12H,9-10H2. The van der Waals surface area contributed by atoms with E-state index in [1.54, 1.807) is 36.0 Å². The van der Waals surface area contributed by atoms with Crippen molar-refractivity contribution in [2.75, 3.05) is 5.75 Å². The molecule has 0 aliphatic rings. The number of nitrogens with zero attached hydrogens (tertiary/aromatic N) is 2. The van der Waals surface area contributed by atoms with Crippen molar-refractivity contribution in [3.63, 3.8) is 0 Å². The fourth-order valence-electron chi connectivity index (χ4n) is 2.31. The molecule has 3 rings (SSSR count). The largest absolute Gasteiger partial charge is 0.336 e. The van der Waals surface area contributed by atoms with Crippen molar-refractivity contribution in [2.24, 2.45) is 0 Å². The highest BCUT2D eigenvalue weighted by atomic mass is 35.5. The second-order valence-corrected chi connectivity index (χ2v) is 9.38. The quantitative estimate of drug-likeness (QED) is 0.338. The average Bonchev–Trinajstić information content (AvgIpc) is 3.10. The molecule has 0 spiro atoms. The molecule has 136 valence electrons. The van der Waals surface area contributed by atoms with E-state index in [1.807, 2.05) is 47.2 Å². The normalized spacial score (nSPS) is 12.3. The third-order valence-electron chi connectivity index (χ3n) is 3.51. The van der Waals surface area contributed by atoms with Crippen LogP contribution in [0.2, 0.25) is 20.1 Å². The Morgan fingerprint density at radius 2 is 1.46 bits per heavy atom. The number of aromatic nitrogens is 2. The highest BCUT2D eigenvalue weighted by Gasteiger charge is 2.18. The highest BCUT2D eigenvalue weighted by Crippen LogP contribution is 2.40. The summed E-state index contributed by atoms with van der Waals surface area (Å²) in [6, 6.07) is 11.1. The van der Waals surface area contributed by atoms with Crippen molar-refractivity contribution in [2.45, 2.75) is 21.6 Å². The van der Waals surface area contributed by atoms with Crippen molar-refractivity contribution in [3.05, 3.63) is 75.2 Å². The second kappa shape index (κ2) is 9.63. The van der Waals surface area contributed by atoms with Crippen molar-refractivity contribution < 1.29 is 0 Å². The molecule has 1 unspecified atom stereocenters. The van der Waals surface area contributed by atoms with Crippen molar-refractivity contribution >= 4 is 69.9 Å². The van der Waals surface area contributed by atoms with Gasteiger partial charge in [-0.05, 0) is 24.3 Å². The Kier molecular flexibility index (Phi) is 7.50. The van der Waals surface area contributed by atoms with Gasteiger partial charge in [-0.15, -0.1) is 23.5 Å². The molecule has 0 aliphatic carbocycles. The van der Waals surface area contributed by atoms with Crippen LogP contribution in [0, 0.1) is 0 Å². The predicted octanol–water partition coefficient (Wildman–Crippen LogP) is 7.45. The fourth-order valence-corrected chi connectivity index (χ4v) is 5.99. The van der Waals surface area contributed by atoms with E-state index in [0.717, 1.165) is 22.1 Å². The van der Waals surface area contributed by atoms with Gasteiger partial charge in [-0.2, -0.15) is 0 Å². The third-order valence-corrected chi connectivity index (χ3v) is 8.05. The number of halogens is 4. The predicted molar refractivity (Wildman–Crippen MR) is 116 cm³/mol. The zero-order valence-corrected chi connectivity index (χ0v) is 18.1. The van der Waals surface area contributed by atoms with Gasteiger partial charge in [0.05, 0.1) is 26.4 Å². The van der Waals surface area contributed by atoms with Gasteiger partial charge in [-0.1, -0.05) is 58.5 Å². The SMILES string of the molecule is Clc1cccc(Cl)c1SCC(Cn1ccnc1)Sc1c(Cl)cccc1Cl. The number of hydrogen-bond acceptors (Lipinski definition) is 3. The molecule has 2 aromatic carbocycles. The number of thioether (sulfide) groups is 2. The molecule has 1 aromatic heterocycles. The van der Waals surface area contributed by atoms with Gasteiger partial charge in [0.2, 0.25) is 0 Å². The molecular formula is C18H14Cl4N2S2. The summed E-state index contributed by atoms with van der Waals surface area (Å²) >= 11 is 28.6. The van der Waals surface area contributed by atoms with Crippen LogP contribution in [-0.4, -0.2) is 20.6 Å². The monoisotopic (exact) mass is 462 g/mol. The van der Waals surface area contributed by atoms with E-state index in [4.69, 9.17) is 46.4 Å². The zero-order valence-electron chi connectivity index (χ0n) is 13.4. The molecule has 1 heterocycles. The lowest BCUT2D eigenvalue weighted by Gasteiger charge is -2.19. The number of hydrogen-bond donors (Lipinski definition) is 0. The Bertz CT molecular complexity index is 831. The highest BCUT2D eigenvalue weighted by molar-refractivity contribution is 8.03. The van der Waals surface area contributed by atoms with Crippen LogP contribution >= 0.6 is 69.9 Å². The second-order valence-electron chi connectivity index (χ2n) is 5.41. The van der Waals surface area contributed by atoms with Crippen molar-refractivity contribution in [3.8, 4) is 0 Å². The van der Waals surface area contributed by atoms with Gasteiger partial charge in [0.25, 0.3) is 0 Å². The molecule has 2 nitrogen and oxygen atoms in total. The summed E-state index contributed by atoms with van der Waals surface area (Å²) in [5.74, 6) is 0.786.